The average Bonchev–Trinajstić information content (AvgIpc) is 2.28. The molecule has 0 aromatic heterocycles. The number of amides is 1. The van der Waals surface area contributed by atoms with E-state index in [1.165, 1.54) is 12.8 Å². The highest BCUT2D eigenvalue weighted by Crippen LogP contribution is 2.14. The molecule has 1 amide bonds. The van der Waals surface area contributed by atoms with Gasteiger partial charge in [0.2, 0.25) is 5.91 Å². The van der Waals surface area contributed by atoms with E-state index < -0.39 is 0 Å². The zero-order valence-electron chi connectivity index (χ0n) is 7.55. The molecule has 1 rings (SSSR count). The van der Waals surface area contributed by atoms with Gasteiger partial charge in [0.05, 0.1) is 0 Å². The van der Waals surface area contributed by atoms with E-state index in [2.05, 4.69) is 29.5 Å². The monoisotopic (exact) mass is 281 g/mol. The number of carbonyl (C=O) groups is 1. The molecule has 0 radical (unpaired) electrons. The highest BCUT2D eigenvalue weighted by Gasteiger charge is 2.20. The Balaban J connectivity index is 2.52. The Morgan fingerprint density at radius 2 is 2.25 bits per heavy atom. The van der Waals surface area contributed by atoms with Crippen LogP contribution in [0.1, 0.15) is 32.6 Å². The van der Waals surface area contributed by atoms with Crippen molar-refractivity contribution in [3.8, 4) is 0 Å². The van der Waals surface area contributed by atoms with Crippen LogP contribution in [0.15, 0.2) is 0 Å². The molecule has 0 saturated carbocycles. The van der Waals surface area contributed by atoms with Crippen molar-refractivity contribution in [3.63, 3.8) is 0 Å². The van der Waals surface area contributed by atoms with Crippen molar-refractivity contribution in [2.75, 3.05) is 11.0 Å². The molecule has 1 heterocycles. The molecule has 12 heavy (non-hydrogen) atoms. The van der Waals surface area contributed by atoms with Gasteiger partial charge in [-0.2, -0.15) is 0 Å². The van der Waals surface area contributed by atoms with Crippen molar-refractivity contribution in [3.05, 3.63) is 0 Å². The first kappa shape index (κ1) is 10.3. The van der Waals surface area contributed by atoms with Crippen LogP contribution in [0.2, 0.25) is 0 Å². The third kappa shape index (κ3) is 2.61. The molecule has 1 unspecified atom stereocenters. The fourth-order valence-corrected chi connectivity index (χ4v) is 2.03. The Morgan fingerprint density at radius 3 is 2.92 bits per heavy atom. The maximum Gasteiger partial charge on any atom is 0.222 e. The van der Waals surface area contributed by atoms with Gasteiger partial charge in [0.15, 0.2) is 0 Å². The normalized spacial score (nSPS) is 22.2. The summed E-state index contributed by atoms with van der Waals surface area (Å²) in [6.45, 7) is 3.11. The van der Waals surface area contributed by atoms with E-state index in [1.54, 1.807) is 0 Å². The lowest BCUT2D eigenvalue weighted by molar-refractivity contribution is -0.132. The Hall–Kier alpha value is 0.200. The molecule has 0 aromatic rings. The van der Waals surface area contributed by atoms with E-state index in [0.29, 0.717) is 11.9 Å². The van der Waals surface area contributed by atoms with E-state index >= 15 is 0 Å². The van der Waals surface area contributed by atoms with Gasteiger partial charge in [0.25, 0.3) is 0 Å². The standard InChI is InChI=1S/C9H16INO/c1-8(7-10)11-6-4-2-3-5-9(11)12/h8H,2-7H2,1H3. The summed E-state index contributed by atoms with van der Waals surface area (Å²) in [5, 5.41) is 0. The third-order valence-corrected chi connectivity index (χ3v) is 3.64. The van der Waals surface area contributed by atoms with E-state index in [0.717, 1.165) is 23.8 Å². The second-order valence-electron chi connectivity index (χ2n) is 3.40. The SMILES string of the molecule is CC(CI)N1CCCCCC1=O. The topological polar surface area (TPSA) is 20.3 Å². The summed E-state index contributed by atoms with van der Waals surface area (Å²) in [5.41, 5.74) is 0. The Bertz CT molecular complexity index is 161. The van der Waals surface area contributed by atoms with Crippen molar-refractivity contribution < 1.29 is 4.79 Å². The molecule has 0 spiro atoms. The predicted octanol–water partition coefficient (Wildman–Crippen LogP) is 2.21. The number of hydrogen-bond acceptors (Lipinski definition) is 1. The fraction of sp³-hybridized carbons (Fsp3) is 0.889. The smallest absolute Gasteiger partial charge is 0.222 e. The van der Waals surface area contributed by atoms with Crippen molar-refractivity contribution in [1.82, 2.24) is 4.90 Å². The Kier molecular flexibility index (Phi) is 4.32. The number of hydrogen-bond donors (Lipinski definition) is 0. The highest BCUT2D eigenvalue weighted by atomic mass is 127. The van der Waals surface area contributed by atoms with Crippen molar-refractivity contribution in [2.45, 2.75) is 38.6 Å². The Labute approximate surface area is 87.8 Å². The zero-order chi connectivity index (χ0) is 8.97. The minimum Gasteiger partial charge on any atom is -0.339 e. The minimum atomic E-state index is 0.358. The highest BCUT2D eigenvalue weighted by molar-refractivity contribution is 14.1. The second kappa shape index (κ2) is 5.04. The first-order valence-corrected chi connectivity index (χ1v) is 6.13. The van der Waals surface area contributed by atoms with E-state index in [4.69, 9.17) is 0 Å². The number of nitrogens with zero attached hydrogens (tertiary/aromatic N) is 1. The van der Waals surface area contributed by atoms with Crippen LogP contribution < -0.4 is 0 Å². The molecular formula is C9H16INO. The molecule has 0 bridgehead atoms. The lowest BCUT2D eigenvalue weighted by Gasteiger charge is -2.26. The lowest BCUT2D eigenvalue weighted by atomic mass is 10.2. The van der Waals surface area contributed by atoms with Crippen molar-refractivity contribution >= 4 is 28.5 Å². The number of likely N-dealkylation sites (tertiary alicyclic amines) is 1. The lowest BCUT2D eigenvalue weighted by Crippen LogP contribution is -2.39. The number of halogens is 1. The molecule has 2 nitrogen and oxygen atoms in total. The molecule has 1 fully saturated rings. The molecule has 1 saturated heterocycles. The summed E-state index contributed by atoms with van der Waals surface area (Å²) in [4.78, 5) is 13.6. The van der Waals surface area contributed by atoms with Crippen LogP contribution in [0.4, 0.5) is 0 Å². The van der Waals surface area contributed by atoms with Crippen LogP contribution in [-0.4, -0.2) is 27.8 Å². The quantitative estimate of drug-likeness (QED) is 0.561. The molecular weight excluding hydrogens is 265 g/mol. The van der Waals surface area contributed by atoms with Gasteiger partial charge in [-0.25, -0.2) is 0 Å². The molecule has 0 N–H and O–H groups in total. The first-order valence-electron chi connectivity index (χ1n) is 4.61. The second-order valence-corrected chi connectivity index (χ2v) is 4.28. The van der Waals surface area contributed by atoms with Crippen LogP contribution in [-0.2, 0) is 4.79 Å². The molecule has 1 aliphatic heterocycles. The average molecular weight is 281 g/mol. The largest absolute Gasteiger partial charge is 0.339 e. The summed E-state index contributed by atoms with van der Waals surface area (Å²) in [6, 6.07) is 0.427. The van der Waals surface area contributed by atoms with Crippen LogP contribution in [0.5, 0.6) is 0 Å². The molecule has 0 aliphatic carbocycles. The molecule has 70 valence electrons. The van der Waals surface area contributed by atoms with Gasteiger partial charge in [-0.15, -0.1) is 0 Å². The van der Waals surface area contributed by atoms with Crippen LogP contribution >= 0.6 is 22.6 Å². The van der Waals surface area contributed by atoms with Gasteiger partial charge >= 0.3 is 0 Å². The van der Waals surface area contributed by atoms with Crippen molar-refractivity contribution in [1.29, 1.82) is 0 Å². The maximum atomic E-state index is 11.5. The number of alkyl halides is 1. The van der Waals surface area contributed by atoms with Gasteiger partial charge in [-0.1, -0.05) is 29.0 Å². The first-order chi connectivity index (χ1) is 5.75. The van der Waals surface area contributed by atoms with Crippen molar-refractivity contribution in [2.24, 2.45) is 0 Å². The van der Waals surface area contributed by atoms with E-state index in [-0.39, 0.29) is 0 Å². The van der Waals surface area contributed by atoms with Crippen LogP contribution in [0.25, 0.3) is 0 Å². The predicted molar refractivity (Wildman–Crippen MR) is 58.5 cm³/mol. The molecule has 1 aliphatic rings. The molecule has 1 atom stereocenters. The third-order valence-electron chi connectivity index (χ3n) is 2.37. The van der Waals surface area contributed by atoms with E-state index in [1.807, 2.05) is 4.90 Å². The van der Waals surface area contributed by atoms with Crippen LogP contribution in [0.3, 0.4) is 0 Å². The summed E-state index contributed by atoms with van der Waals surface area (Å²) < 4.78 is 1.05. The minimum absolute atomic E-state index is 0.358. The fourth-order valence-electron chi connectivity index (χ4n) is 1.55. The van der Waals surface area contributed by atoms with Crippen LogP contribution in [0, 0.1) is 0 Å². The summed E-state index contributed by atoms with van der Waals surface area (Å²) in [6.07, 6.45) is 4.26. The molecule has 0 aromatic carbocycles. The summed E-state index contributed by atoms with van der Waals surface area (Å²) >= 11 is 2.34. The maximum absolute atomic E-state index is 11.5. The van der Waals surface area contributed by atoms with Gasteiger partial charge < -0.3 is 4.90 Å². The number of rotatable bonds is 2. The van der Waals surface area contributed by atoms with Gasteiger partial charge in [0, 0.05) is 23.4 Å². The Morgan fingerprint density at radius 1 is 1.50 bits per heavy atom. The van der Waals surface area contributed by atoms with Gasteiger partial charge in [-0.05, 0) is 19.8 Å². The van der Waals surface area contributed by atoms with E-state index in [9.17, 15) is 4.79 Å². The van der Waals surface area contributed by atoms with Gasteiger partial charge in [-0.3, -0.25) is 4.79 Å². The summed E-state index contributed by atoms with van der Waals surface area (Å²) in [5.74, 6) is 0.358. The summed E-state index contributed by atoms with van der Waals surface area (Å²) in [7, 11) is 0. The van der Waals surface area contributed by atoms with Gasteiger partial charge in [0.1, 0.15) is 0 Å². The molecule has 3 heteroatoms. The zero-order valence-corrected chi connectivity index (χ0v) is 9.71. The number of carbonyl (C=O) groups excluding carboxylic acids is 1.